The number of aromatic nitrogens is 2. The molecular weight excluding hydrogens is 332 g/mol. The molecule has 0 spiro atoms. The second-order valence-electron chi connectivity index (χ2n) is 8.58. The smallest absolute Gasteiger partial charge is 0.226 e. The Labute approximate surface area is 154 Å². The molecule has 1 N–H and O–H groups in total. The quantitative estimate of drug-likeness (QED) is 0.838. The summed E-state index contributed by atoms with van der Waals surface area (Å²) >= 11 is 0. The average Bonchev–Trinajstić information content (AvgIpc) is 3.27. The summed E-state index contributed by atoms with van der Waals surface area (Å²) in [6.45, 7) is 7.42. The fourth-order valence-corrected chi connectivity index (χ4v) is 3.17. The molecule has 0 aromatic carbocycles. The van der Waals surface area contributed by atoms with Crippen molar-refractivity contribution in [2.45, 2.75) is 77.2 Å². The van der Waals surface area contributed by atoms with Crippen LogP contribution >= 0.6 is 0 Å². The monoisotopic (exact) mass is 362 g/mol. The maximum absolute atomic E-state index is 12.5. The van der Waals surface area contributed by atoms with Gasteiger partial charge in [0.25, 0.3) is 0 Å². The molecule has 1 aromatic rings. The fraction of sp³-hybridized carbons (Fsp3) is 0.789. The molecule has 2 fully saturated rings. The maximum atomic E-state index is 12.5. The maximum Gasteiger partial charge on any atom is 0.226 e. The fourth-order valence-electron chi connectivity index (χ4n) is 3.17. The SMILES string of the molecule is CC(C)(C)c1noc(CCCC(=O)N2CCCC(C(=O)NC3CC3)C2)n1. The van der Waals surface area contributed by atoms with Gasteiger partial charge in [0.15, 0.2) is 5.82 Å². The van der Waals surface area contributed by atoms with E-state index in [2.05, 4.69) is 15.5 Å². The first-order valence-electron chi connectivity index (χ1n) is 9.74. The highest BCUT2D eigenvalue weighted by molar-refractivity contribution is 5.81. The van der Waals surface area contributed by atoms with Gasteiger partial charge in [-0.05, 0) is 32.1 Å². The first-order chi connectivity index (χ1) is 12.3. The third kappa shape index (κ3) is 5.05. The summed E-state index contributed by atoms with van der Waals surface area (Å²) in [6.07, 6.45) is 5.69. The second kappa shape index (κ2) is 7.76. The van der Waals surface area contributed by atoms with E-state index in [9.17, 15) is 9.59 Å². The minimum Gasteiger partial charge on any atom is -0.353 e. The molecule has 7 nitrogen and oxygen atoms in total. The van der Waals surface area contributed by atoms with Gasteiger partial charge in [-0.2, -0.15) is 4.98 Å². The number of aryl methyl sites for hydroxylation is 1. The van der Waals surface area contributed by atoms with Crippen LogP contribution in [0, 0.1) is 5.92 Å². The van der Waals surface area contributed by atoms with E-state index in [1.54, 1.807) is 0 Å². The lowest BCUT2D eigenvalue weighted by molar-refractivity contribution is -0.135. The summed E-state index contributed by atoms with van der Waals surface area (Å²) in [5.41, 5.74) is -0.137. The molecule has 7 heteroatoms. The van der Waals surface area contributed by atoms with Gasteiger partial charge in [0.05, 0.1) is 5.92 Å². The number of amides is 2. The Balaban J connectivity index is 1.42. The zero-order valence-electron chi connectivity index (χ0n) is 16.1. The number of nitrogens with zero attached hydrogens (tertiary/aromatic N) is 3. The molecule has 0 radical (unpaired) electrons. The van der Waals surface area contributed by atoms with E-state index in [4.69, 9.17) is 4.52 Å². The molecule has 1 aliphatic carbocycles. The number of rotatable bonds is 6. The van der Waals surface area contributed by atoms with Crippen LogP contribution in [-0.4, -0.2) is 46.0 Å². The van der Waals surface area contributed by atoms with E-state index in [0.717, 1.165) is 32.2 Å². The predicted octanol–water partition coefficient (Wildman–Crippen LogP) is 2.21. The number of hydrogen-bond acceptors (Lipinski definition) is 5. The van der Waals surface area contributed by atoms with Gasteiger partial charge in [0.1, 0.15) is 0 Å². The molecule has 144 valence electrons. The number of carbonyl (C=O) groups is 2. The van der Waals surface area contributed by atoms with E-state index >= 15 is 0 Å². The second-order valence-corrected chi connectivity index (χ2v) is 8.58. The van der Waals surface area contributed by atoms with Crippen LogP contribution in [0.5, 0.6) is 0 Å². The Morgan fingerprint density at radius 1 is 1.27 bits per heavy atom. The number of likely N-dealkylation sites (tertiary alicyclic amines) is 1. The molecule has 3 rings (SSSR count). The molecule has 1 atom stereocenters. The van der Waals surface area contributed by atoms with Gasteiger partial charge in [-0.25, -0.2) is 0 Å². The molecule has 2 amide bonds. The first kappa shape index (κ1) is 18.9. The Morgan fingerprint density at radius 3 is 2.69 bits per heavy atom. The van der Waals surface area contributed by atoms with Crippen LogP contribution in [0.2, 0.25) is 0 Å². The molecule has 1 saturated heterocycles. The summed E-state index contributed by atoms with van der Waals surface area (Å²) < 4.78 is 5.27. The first-order valence-corrected chi connectivity index (χ1v) is 9.74. The average molecular weight is 362 g/mol. The minimum absolute atomic E-state index is 0.0569. The van der Waals surface area contributed by atoms with Crippen molar-refractivity contribution >= 4 is 11.8 Å². The molecule has 1 aromatic heterocycles. The van der Waals surface area contributed by atoms with Crippen LogP contribution in [0.25, 0.3) is 0 Å². The normalized spacial score (nSPS) is 20.9. The number of nitrogens with one attached hydrogen (secondary N) is 1. The van der Waals surface area contributed by atoms with Gasteiger partial charge in [-0.1, -0.05) is 25.9 Å². The highest BCUT2D eigenvalue weighted by Gasteiger charge is 2.31. The molecule has 2 aliphatic rings. The van der Waals surface area contributed by atoms with Crippen LogP contribution in [0.15, 0.2) is 4.52 Å². The molecule has 1 aliphatic heterocycles. The van der Waals surface area contributed by atoms with Gasteiger partial charge in [-0.15, -0.1) is 0 Å². The van der Waals surface area contributed by atoms with Crippen molar-refractivity contribution < 1.29 is 14.1 Å². The molecular formula is C19H30N4O3. The molecule has 1 saturated carbocycles. The van der Waals surface area contributed by atoms with Crippen molar-refractivity contribution in [1.29, 1.82) is 0 Å². The van der Waals surface area contributed by atoms with Gasteiger partial charge < -0.3 is 14.7 Å². The Bertz CT molecular complexity index is 645. The van der Waals surface area contributed by atoms with Crippen molar-refractivity contribution in [3.8, 4) is 0 Å². The number of carbonyl (C=O) groups excluding carboxylic acids is 2. The lowest BCUT2D eigenvalue weighted by Gasteiger charge is -2.32. The van der Waals surface area contributed by atoms with Gasteiger partial charge in [0, 0.05) is 37.4 Å². The van der Waals surface area contributed by atoms with Crippen LogP contribution in [0.1, 0.15) is 71.0 Å². The van der Waals surface area contributed by atoms with Crippen molar-refractivity contribution in [3.63, 3.8) is 0 Å². The van der Waals surface area contributed by atoms with Crippen molar-refractivity contribution in [2.75, 3.05) is 13.1 Å². The third-order valence-corrected chi connectivity index (χ3v) is 4.99. The van der Waals surface area contributed by atoms with E-state index in [0.29, 0.717) is 43.6 Å². The van der Waals surface area contributed by atoms with Crippen LogP contribution in [-0.2, 0) is 21.4 Å². The minimum atomic E-state index is -0.137. The topological polar surface area (TPSA) is 88.3 Å². The van der Waals surface area contributed by atoms with Crippen molar-refractivity contribution in [1.82, 2.24) is 20.4 Å². The Kier molecular flexibility index (Phi) is 5.63. The Morgan fingerprint density at radius 2 is 2.04 bits per heavy atom. The van der Waals surface area contributed by atoms with Crippen molar-refractivity contribution in [2.24, 2.45) is 5.92 Å². The third-order valence-electron chi connectivity index (χ3n) is 4.99. The molecule has 26 heavy (non-hydrogen) atoms. The zero-order chi connectivity index (χ0) is 18.7. The summed E-state index contributed by atoms with van der Waals surface area (Å²) in [7, 11) is 0. The summed E-state index contributed by atoms with van der Waals surface area (Å²) in [5, 5.41) is 7.06. The summed E-state index contributed by atoms with van der Waals surface area (Å²) in [4.78, 5) is 31.0. The van der Waals surface area contributed by atoms with Crippen LogP contribution in [0.3, 0.4) is 0 Å². The van der Waals surface area contributed by atoms with Gasteiger partial charge in [0.2, 0.25) is 17.7 Å². The highest BCUT2D eigenvalue weighted by atomic mass is 16.5. The highest BCUT2D eigenvalue weighted by Crippen LogP contribution is 2.23. The van der Waals surface area contributed by atoms with Gasteiger partial charge in [-0.3, -0.25) is 9.59 Å². The number of piperidine rings is 1. The molecule has 1 unspecified atom stereocenters. The lowest BCUT2D eigenvalue weighted by atomic mass is 9.96. The van der Waals surface area contributed by atoms with E-state index < -0.39 is 0 Å². The van der Waals surface area contributed by atoms with E-state index in [1.165, 1.54) is 0 Å². The number of hydrogen-bond donors (Lipinski definition) is 1. The standard InChI is InChI=1S/C19H30N4O3/c1-19(2,3)18-21-15(26-22-18)7-4-8-16(24)23-11-5-6-13(12-23)17(25)20-14-9-10-14/h13-14H,4-12H2,1-3H3,(H,20,25). The van der Waals surface area contributed by atoms with Crippen LogP contribution in [0.4, 0.5) is 0 Å². The zero-order valence-corrected chi connectivity index (χ0v) is 16.1. The van der Waals surface area contributed by atoms with Crippen molar-refractivity contribution in [3.05, 3.63) is 11.7 Å². The van der Waals surface area contributed by atoms with E-state index in [1.807, 2.05) is 25.7 Å². The molecule has 0 bridgehead atoms. The predicted molar refractivity (Wildman–Crippen MR) is 96.4 cm³/mol. The largest absolute Gasteiger partial charge is 0.353 e. The molecule has 2 heterocycles. The lowest BCUT2D eigenvalue weighted by Crippen LogP contribution is -2.45. The van der Waals surface area contributed by atoms with Crippen LogP contribution < -0.4 is 5.32 Å². The van der Waals surface area contributed by atoms with Gasteiger partial charge >= 0.3 is 0 Å². The summed E-state index contributed by atoms with van der Waals surface area (Å²) in [5.74, 6) is 1.45. The Hall–Kier alpha value is -1.92. The van der Waals surface area contributed by atoms with E-state index in [-0.39, 0.29) is 23.1 Å². The summed E-state index contributed by atoms with van der Waals surface area (Å²) in [6, 6.07) is 0.376.